The van der Waals surface area contributed by atoms with Gasteiger partial charge in [0.25, 0.3) is 0 Å². The molecular weight excluding hydrogens is 386 g/mol. The Morgan fingerprint density at radius 2 is 1.90 bits per heavy atom. The fraction of sp³-hybridized carbons (Fsp3) is 0.308. The number of amides is 1. The van der Waals surface area contributed by atoms with Crippen LogP contribution < -0.4 is 15.8 Å². The zero-order valence-corrected chi connectivity index (χ0v) is 18.4. The first kappa shape index (κ1) is 22.3. The summed E-state index contributed by atoms with van der Waals surface area (Å²) in [6.07, 6.45) is 7.21. The van der Waals surface area contributed by atoms with E-state index in [1.807, 2.05) is 13.0 Å². The van der Waals surface area contributed by atoms with Crippen molar-refractivity contribution in [2.24, 2.45) is 5.73 Å². The molecule has 0 saturated heterocycles. The number of hydrogen-bond acceptors (Lipinski definition) is 4. The highest BCUT2D eigenvalue weighted by Gasteiger charge is 2.07. The maximum Gasteiger partial charge on any atom is 0.250 e. The van der Waals surface area contributed by atoms with Crippen molar-refractivity contribution in [1.29, 1.82) is 0 Å². The Balaban J connectivity index is 1.55. The number of ether oxygens (including phenoxy) is 1. The Morgan fingerprint density at radius 1 is 1.06 bits per heavy atom. The molecule has 1 aromatic heterocycles. The van der Waals surface area contributed by atoms with Crippen LogP contribution in [0.4, 0.5) is 5.69 Å². The number of rotatable bonds is 11. The highest BCUT2D eigenvalue weighted by molar-refractivity contribution is 5.92. The third-order valence-electron chi connectivity index (χ3n) is 5.27. The molecule has 0 aliphatic rings. The molecule has 5 nitrogen and oxygen atoms in total. The van der Waals surface area contributed by atoms with Crippen molar-refractivity contribution in [3.8, 4) is 11.6 Å². The number of unbranched alkanes of at least 4 members (excludes halogenated alkanes) is 2. The zero-order valence-electron chi connectivity index (χ0n) is 18.4. The summed E-state index contributed by atoms with van der Waals surface area (Å²) < 4.78 is 5.86. The second-order valence-corrected chi connectivity index (χ2v) is 7.74. The molecule has 3 rings (SSSR count). The van der Waals surface area contributed by atoms with Crippen LogP contribution in [0.1, 0.15) is 53.2 Å². The second kappa shape index (κ2) is 11.2. The highest BCUT2D eigenvalue weighted by atomic mass is 16.5. The Labute approximate surface area is 184 Å². The second-order valence-electron chi connectivity index (χ2n) is 7.74. The number of primary amides is 1. The Kier molecular flexibility index (Phi) is 8.05. The minimum Gasteiger partial charge on any atom is -0.439 e. The molecule has 0 saturated carbocycles. The summed E-state index contributed by atoms with van der Waals surface area (Å²) in [5.74, 6) is 0.677. The number of aromatic nitrogens is 1. The summed E-state index contributed by atoms with van der Waals surface area (Å²) in [7, 11) is 0. The van der Waals surface area contributed by atoms with Gasteiger partial charge in [-0.3, -0.25) is 4.79 Å². The zero-order chi connectivity index (χ0) is 22.1. The smallest absolute Gasteiger partial charge is 0.250 e. The van der Waals surface area contributed by atoms with Gasteiger partial charge in [-0.05, 0) is 61.1 Å². The van der Waals surface area contributed by atoms with Gasteiger partial charge in [-0.2, -0.15) is 0 Å². The van der Waals surface area contributed by atoms with E-state index in [2.05, 4.69) is 53.6 Å². The van der Waals surface area contributed by atoms with Crippen LogP contribution in [0.2, 0.25) is 0 Å². The summed E-state index contributed by atoms with van der Waals surface area (Å²) >= 11 is 0. The molecule has 3 N–H and O–H groups in total. The number of carbonyl (C=O) groups is 1. The molecule has 5 heteroatoms. The maximum atomic E-state index is 11.2. The van der Waals surface area contributed by atoms with Gasteiger partial charge in [0.05, 0.1) is 5.56 Å². The number of carbonyl (C=O) groups excluding carboxylic acids is 1. The predicted octanol–water partition coefficient (Wildman–Crippen LogP) is 5.67. The van der Waals surface area contributed by atoms with Crippen molar-refractivity contribution in [3.63, 3.8) is 0 Å². The molecule has 0 atom stereocenters. The van der Waals surface area contributed by atoms with Crippen LogP contribution in [0.3, 0.4) is 0 Å². The van der Waals surface area contributed by atoms with Crippen molar-refractivity contribution < 1.29 is 9.53 Å². The van der Waals surface area contributed by atoms with E-state index < -0.39 is 5.91 Å². The molecule has 0 aliphatic heterocycles. The summed E-state index contributed by atoms with van der Waals surface area (Å²) in [5, 5.41) is 3.60. The van der Waals surface area contributed by atoms with Crippen molar-refractivity contribution in [3.05, 3.63) is 83.0 Å². The fourth-order valence-corrected chi connectivity index (χ4v) is 3.50. The highest BCUT2D eigenvalue weighted by Crippen LogP contribution is 2.25. The molecule has 1 amide bonds. The van der Waals surface area contributed by atoms with E-state index in [1.54, 1.807) is 12.1 Å². The average molecular weight is 418 g/mol. The van der Waals surface area contributed by atoms with Gasteiger partial charge in [0.1, 0.15) is 5.75 Å². The van der Waals surface area contributed by atoms with Crippen LogP contribution in [-0.2, 0) is 12.8 Å². The molecule has 0 bridgehead atoms. The number of aryl methyl sites for hydroxylation is 2. The SMILES string of the molecule is CCCCCc1ccccc1NCCc1ccc(Oc2ccc(C(N)=O)cn2)c(C)c1. The number of pyridine rings is 1. The molecule has 162 valence electrons. The largest absolute Gasteiger partial charge is 0.439 e. The van der Waals surface area contributed by atoms with Crippen molar-refractivity contribution in [2.75, 3.05) is 11.9 Å². The van der Waals surface area contributed by atoms with Crippen LogP contribution in [0.5, 0.6) is 11.6 Å². The molecule has 3 aromatic rings. The molecule has 2 aromatic carbocycles. The summed E-state index contributed by atoms with van der Waals surface area (Å²) in [5.41, 5.74) is 10.5. The van der Waals surface area contributed by atoms with E-state index in [1.165, 1.54) is 42.3 Å². The third kappa shape index (κ3) is 6.57. The van der Waals surface area contributed by atoms with E-state index in [-0.39, 0.29) is 0 Å². The van der Waals surface area contributed by atoms with Gasteiger partial charge in [-0.1, -0.05) is 50.1 Å². The lowest BCUT2D eigenvalue weighted by Gasteiger charge is -2.13. The monoisotopic (exact) mass is 417 g/mol. The first-order chi connectivity index (χ1) is 15.1. The minimum absolute atomic E-state index is 0.360. The molecular formula is C26H31N3O2. The standard InChI is InChI=1S/C26H31N3O2/c1-3-4-5-8-21-9-6-7-10-23(21)28-16-15-20-11-13-24(19(2)17-20)31-25-14-12-22(18-29-25)26(27)30/h6-7,9-14,17-18,28H,3-5,8,15-16H2,1-2H3,(H2,27,30). The third-order valence-corrected chi connectivity index (χ3v) is 5.27. The lowest BCUT2D eigenvalue weighted by Crippen LogP contribution is -2.10. The van der Waals surface area contributed by atoms with Gasteiger partial charge in [0, 0.05) is 24.5 Å². The van der Waals surface area contributed by atoms with E-state index in [0.29, 0.717) is 11.4 Å². The summed E-state index contributed by atoms with van der Waals surface area (Å²) in [4.78, 5) is 15.3. The van der Waals surface area contributed by atoms with Gasteiger partial charge in [0.2, 0.25) is 11.8 Å². The molecule has 0 spiro atoms. The molecule has 31 heavy (non-hydrogen) atoms. The number of nitrogens with two attached hydrogens (primary N) is 1. The quantitative estimate of drug-likeness (QED) is 0.394. The summed E-state index contributed by atoms with van der Waals surface area (Å²) in [6, 6.07) is 18.0. The van der Waals surface area contributed by atoms with E-state index >= 15 is 0 Å². The van der Waals surface area contributed by atoms with Crippen LogP contribution in [0, 0.1) is 6.92 Å². The number of nitrogens with zero attached hydrogens (tertiary/aromatic N) is 1. The summed E-state index contributed by atoms with van der Waals surface area (Å²) in [6.45, 7) is 5.13. The van der Waals surface area contributed by atoms with Crippen LogP contribution in [0.25, 0.3) is 0 Å². The van der Waals surface area contributed by atoms with Gasteiger partial charge in [-0.25, -0.2) is 4.98 Å². The van der Waals surface area contributed by atoms with E-state index in [4.69, 9.17) is 10.5 Å². The predicted molar refractivity (Wildman–Crippen MR) is 126 cm³/mol. The number of hydrogen-bond donors (Lipinski definition) is 2. The fourth-order valence-electron chi connectivity index (χ4n) is 3.50. The van der Waals surface area contributed by atoms with Crippen molar-refractivity contribution in [2.45, 2.75) is 46.0 Å². The topological polar surface area (TPSA) is 77.2 Å². The number of para-hydroxylation sites is 1. The Bertz CT molecular complexity index is 1000. The molecule has 0 fully saturated rings. The Morgan fingerprint density at radius 3 is 2.61 bits per heavy atom. The van der Waals surface area contributed by atoms with Crippen molar-refractivity contribution in [1.82, 2.24) is 4.98 Å². The molecule has 0 unspecified atom stereocenters. The van der Waals surface area contributed by atoms with Gasteiger partial charge in [0.15, 0.2) is 0 Å². The van der Waals surface area contributed by atoms with Crippen LogP contribution in [-0.4, -0.2) is 17.4 Å². The van der Waals surface area contributed by atoms with Gasteiger partial charge >= 0.3 is 0 Å². The van der Waals surface area contributed by atoms with Gasteiger partial charge < -0.3 is 15.8 Å². The first-order valence-corrected chi connectivity index (χ1v) is 10.9. The van der Waals surface area contributed by atoms with E-state index in [0.717, 1.165) is 30.7 Å². The first-order valence-electron chi connectivity index (χ1n) is 10.9. The maximum absolute atomic E-state index is 11.2. The molecule has 0 aliphatic carbocycles. The van der Waals surface area contributed by atoms with Gasteiger partial charge in [-0.15, -0.1) is 0 Å². The molecule has 1 heterocycles. The Hall–Kier alpha value is -3.34. The van der Waals surface area contributed by atoms with Crippen LogP contribution in [0.15, 0.2) is 60.8 Å². The number of benzene rings is 2. The lowest BCUT2D eigenvalue weighted by molar-refractivity contribution is 0.1000. The number of anilines is 1. The normalized spacial score (nSPS) is 10.6. The van der Waals surface area contributed by atoms with E-state index in [9.17, 15) is 4.79 Å². The minimum atomic E-state index is -0.503. The molecule has 0 radical (unpaired) electrons. The number of nitrogens with one attached hydrogen (secondary N) is 1. The average Bonchev–Trinajstić information content (AvgIpc) is 2.77. The van der Waals surface area contributed by atoms with Crippen molar-refractivity contribution >= 4 is 11.6 Å². The lowest BCUT2D eigenvalue weighted by atomic mass is 10.0. The van der Waals surface area contributed by atoms with Crippen LogP contribution >= 0.6 is 0 Å².